The van der Waals surface area contributed by atoms with Crippen LogP contribution in [0.2, 0.25) is 0 Å². The number of unbranched alkanes of at least 4 members (excludes halogenated alkanes) is 1. The van der Waals surface area contributed by atoms with Gasteiger partial charge in [0.05, 0.1) is 6.54 Å². The molecule has 86 valence electrons. The lowest BCUT2D eigenvalue weighted by Gasteiger charge is -2.27. The molecule has 0 amide bonds. The summed E-state index contributed by atoms with van der Waals surface area (Å²) in [4.78, 5) is 1.41. The van der Waals surface area contributed by atoms with Crippen LogP contribution in [-0.4, -0.2) is 30.7 Å². The molecule has 0 saturated heterocycles. The summed E-state index contributed by atoms with van der Waals surface area (Å²) in [5.74, 6) is 0. The Balaban J connectivity index is 3.97. The highest BCUT2D eigenvalue weighted by atomic mass is 19.4. The highest BCUT2D eigenvalue weighted by Gasteiger charge is 2.31. The number of nitrogens with zero attached hydrogens (tertiary/aromatic N) is 1. The van der Waals surface area contributed by atoms with Gasteiger partial charge in [-0.15, -0.1) is 0 Å². The maximum atomic E-state index is 12.1. The molecular weight excluding hydrogens is 191 g/mol. The van der Waals surface area contributed by atoms with Gasteiger partial charge in [-0.2, -0.15) is 13.2 Å². The molecule has 0 aromatic rings. The van der Waals surface area contributed by atoms with Crippen LogP contribution in [0.1, 0.15) is 39.5 Å². The van der Waals surface area contributed by atoms with Gasteiger partial charge < -0.3 is 0 Å². The molecule has 0 radical (unpaired) electrons. The molecule has 0 rings (SSSR count). The third kappa shape index (κ3) is 6.24. The van der Waals surface area contributed by atoms with E-state index in [-0.39, 0.29) is 6.04 Å². The zero-order valence-electron chi connectivity index (χ0n) is 9.19. The van der Waals surface area contributed by atoms with Gasteiger partial charge in [-0.05, 0) is 19.9 Å². The lowest BCUT2D eigenvalue weighted by Crippen LogP contribution is -2.38. The van der Waals surface area contributed by atoms with Gasteiger partial charge >= 0.3 is 6.18 Å². The molecule has 0 aliphatic carbocycles. The predicted molar refractivity (Wildman–Crippen MR) is 52.3 cm³/mol. The molecule has 0 aromatic heterocycles. The summed E-state index contributed by atoms with van der Waals surface area (Å²) in [6.07, 6.45) is -0.391. The zero-order valence-corrected chi connectivity index (χ0v) is 9.19. The van der Waals surface area contributed by atoms with E-state index in [4.69, 9.17) is 0 Å². The van der Waals surface area contributed by atoms with E-state index in [0.29, 0.717) is 0 Å². The Morgan fingerprint density at radius 2 is 1.79 bits per heavy atom. The maximum absolute atomic E-state index is 12.1. The van der Waals surface area contributed by atoms with Crippen molar-refractivity contribution in [1.29, 1.82) is 0 Å². The Bertz CT molecular complexity index is 145. The van der Waals surface area contributed by atoms with Crippen molar-refractivity contribution in [2.45, 2.75) is 51.7 Å². The summed E-state index contributed by atoms with van der Waals surface area (Å²) in [5.41, 5.74) is 0. The van der Waals surface area contributed by atoms with Crippen LogP contribution < -0.4 is 0 Å². The molecule has 0 bridgehead atoms. The van der Waals surface area contributed by atoms with E-state index in [2.05, 4.69) is 6.92 Å². The summed E-state index contributed by atoms with van der Waals surface area (Å²) >= 11 is 0. The van der Waals surface area contributed by atoms with Crippen molar-refractivity contribution in [2.24, 2.45) is 0 Å². The molecule has 14 heavy (non-hydrogen) atoms. The van der Waals surface area contributed by atoms with E-state index in [0.717, 1.165) is 25.7 Å². The molecule has 4 heteroatoms. The SMILES string of the molecule is CCCCC(CC)N(C)CC(F)(F)F. The fourth-order valence-corrected chi connectivity index (χ4v) is 1.59. The molecule has 1 nitrogen and oxygen atoms in total. The van der Waals surface area contributed by atoms with Gasteiger partial charge in [-0.1, -0.05) is 26.7 Å². The fraction of sp³-hybridized carbons (Fsp3) is 1.00. The second kappa shape index (κ2) is 6.27. The number of rotatable bonds is 6. The number of hydrogen-bond acceptors (Lipinski definition) is 1. The van der Waals surface area contributed by atoms with Gasteiger partial charge in [0.25, 0.3) is 0 Å². The van der Waals surface area contributed by atoms with Crippen LogP contribution in [0.4, 0.5) is 13.2 Å². The topological polar surface area (TPSA) is 3.24 Å². The standard InChI is InChI=1S/C10H20F3N/c1-4-6-7-9(5-2)14(3)8-10(11,12)13/h9H,4-8H2,1-3H3. The van der Waals surface area contributed by atoms with Crippen molar-refractivity contribution < 1.29 is 13.2 Å². The van der Waals surface area contributed by atoms with Crippen LogP contribution in [0.5, 0.6) is 0 Å². The molecule has 0 aliphatic heterocycles. The largest absolute Gasteiger partial charge is 0.401 e. The lowest BCUT2D eigenvalue weighted by molar-refractivity contribution is -0.147. The average Bonchev–Trinajstić information content (AvgIpc) is 2.02. The van der Waals surface area contributed by atoms with E-state index in [1.807, 2.05) is 6.92 Å². The van der Waals surface area contributed by atoms with E-state index in [1.54, 1.807) is 7.05 Å². The zero-order chi connectivity index (χ0) is 11.2. The Labute approximate surface area is 84.3 Å². The monoisotopic (exact) mass is 211 g/mol. The third-order valence-corrected chi connectivity index (χ3v) is 2.41. The molecule has 0 spiro atoms. The Hall–Kier alpha value is -0.250. The van der Waals surface area contributed by atoms with Crippen molar-refractivity contribution in [1.82, 2.24) is 4.90 Å². The van der Waals surface area contributed by atoms with E-state index >= 15 is 0 Å². The first kappa shape index (κ1) is 13.8. The summed E-state index contributed by atoms with van der Waals surface area (Å²) in [5, 5.41) is 0. The normalized spacial score (nSPS) is 14.8. The summed E-state index contributed by atoms with van der Waals surface area (Å²) < 4.78 is 36.2. The fourth-order valence-electron chi connectivity index (χ4n) is 1.59. The van der Waals surface area contributed by atoms with E-state index < -0.39 is 12.7 Å². The van der Waals surface area contributed by atoms with Gasteiger partial charge in [0.2, 0.25) is 0 Å². The second-order valence-corrected chi connectivity index (χ2v) is 3.73. The van der Waals surface area contributed by atoms with Crippen molar-refractivity contribution in [2.75, 3.05) is 13.6 Å². The van der Waals surface area contributed by atoms with Gasteiger partial charge in [-0.25, -0.2) is 0 Å². The van der Waals surface area contributed by atoms with Crippen LogP contribution in [0, 0.1) is 0 Å². The van der Waals surface area contributed by atoms with Crippen LogP contribution >= 0.6 is 0 Å². The maximum Gasteiger partial charge on any atom is 0.401 e. The molecule has 0 heterocycles. The Kier molecular flexibility index (Phi) is 6.16. The Morgan fingerprint density at radius 1 is 1.21 bits per heavy atom. The molecule has 1 unspecified atom stereocenters. The highest BCUT2D eigenvalue weighted by Crippen LogP contribution is 2.19. The van der Waals surface area contributed by atoms with Gasteiger partial charge in [0, 0.05) is 6.04 Å². The van der Waals surface area contributed by atoms with Crippen LogP contribution in [0.3, 0.4) is 0 Å². The van der Waals surface area contributed by atoms with Crippen LogP contribution in [0.25, 0.3) is 0 Å². The van der Waals surface area contributed by atoms with Crippen molar-refractivity contribution in [3.8, 4) is 0 Å². The lowest BCUT2D eigenvalue weighted by atomic mass is 10.1. The van der Waals surface area contributed by atoms with E-state index in [9.17, 15) is 13.2 Å². The molecule has 0 aliphatic rings. The number of hydrogen-bond donors (Lipinski definition) is 0. The molecule has 0 fully saturated rings. The Morgan fingerprint density at radius 3 is 2.14 bits per heavy atom. The predicted octanol–water partition coefficient (Wildman–Crippen LogP) is 3.45. The minimum Gasteiger partial charge on any atom is -0.295 e. The molecule has 0 N–H and O–H groups in total. The van der Waals surface area contributed by atoms with Gasteiger partial charge in [0.1, 0.15) is 0 Å². The number of halogens is 3. The van der Waals surface area contributed by atoms with Gasteiger partial charge in [-0.3, -0.25) is 4.90 Å². The quantitative estimate of drug-likeness (QED) is 0.650. The van der Waals surface area contributed by atoms with Crippen molar-refractivity contribution >= 4 is 0 Å². The summed E-state index contributed by atoms with van der Waals surface area (Å²) in [6.45, 7) is 3.19. The average molecular weight is 211 g/mol. The first-order valence-electron chi connectivity index (χ1n) is 5.17. The molecular formula is C10H20F3N. The van der Waals surface area contributed by atoms with Gasteiger partial charge in [0.15, 0.2) is 0 Å². The first-order valence-corrected chi connectivity index (χ1v) is 5.17. The molecule has 1 atom stereocenters. The van der Waals surface area contributed by atoms with Crippen LogP contribution in [-0.2, 0) is 0 Å². The highest BCUT2D eigenvalue weighted by molar-refractivity contribution is 4.69. The third-order valence-electron chi connectivity index (χ3n) is 2.41. The summed E-state index contributed by atoms with van der Waals surface area (Å²) in [6, 6.07) is 0.0663. The summed E-state index contributed by atoms with van der Waals surface area (Å²) in [7, 11) is 1.55. The van der Waals surface area contributed by atoms with Crippen molar-refractivity contribution in [3.63, 3.8) is 0 Å². The minimum absolute atomic E-state index is 0.0663. The smallest absolute Gasteiger partial charge is 0.295 e. The number of alkyl halides is 3. The molecule has 0 saturated carbocycles. The van der Waals surface area contributed by atoms with E-state index in [1.165, 1.54) is 4.90 Å². The van der Waals surface area contributed by atoms with Crippen molar-refractivity contribution in [3.05, 3.63) is 0 Å². The minimum atomic E-state index is -4.08. The molecule has 0 aromatic carbocycles. The second-order valence-electron chi connectivity index (χ2n) is 3.73. The first-order chi connectivity index (χ1) is 6.40. The van der Waals surface area contributed by atoms with Crippen LogP contribution in [0.15, 0.2) is 0 Å².